The summed E-state index contributed by atoms with van der Waals surface area (Å²) >= 11 is 0. The number of para-hydroxylation sites is 2. The van der Waals surface area contributed by atoms with E-state index in [1.807, 2.05) is 59.9 Å². The lowest BCUT2D eigenvalue weighted by Crippen LogP contribution is -2.26. The van der Waals surface area contributed by atoms with Crippen LogP contribution in [-0.4, -0.2) is 42.3 Å². The number of hydrogen-bond acceptors (Lipinski definition) is 5. The molecule has 1 N–H and O–H groups in total. The van der Waals surface area contributed by atoms with E-state index in [0.717, 1.165) is 37.6 Å². The van der Waals surface area contributed by atoms with Crippen LogP contribution in [0.5, 0.6) is 0 Å². The molecule has 0 fully saturated rings. The maximum atomic E-state index is 13.4. The van der Waals surface area contributed by atoms with E-state index in [1.165, 1.54) is 32.4 Å². The first-order valence-electron chi connectivity index (χ1n) is 10.6. The van der Waals surface area contributed by atoms with Crippen LogP contribution in [0, 0.1) is 6.92 Å². The topological polar surface area (TPSA) is 93.0 Å². The highest BCUT2D eigenvalue weighted by molar-refractivity contribution is 7.89. The van der Waals surface area contributed by atoms with Crippen molar-refractivity contribution in [2.45, 2.75) is 11.8 Å². The summed E-state index contributed by atoms with van der Waals surface area (Å²) in [4.78, 5) is 22.9. The number of carbonyl (C=O) groups excluding carboxylic acids is 1. The first-order valence-corrected chi connectivity index (χ1v) is 12.0. The summed E-state index contributed by atoms with van der Waals surface area (Å²) in [7, 11) is -1.34. The molecule has 2 heterocycles. The van der Waals surface area contributed by atoms with Gasteiger partial charge in [0.25, 0.3) is 15.9 Å². The Kier molecular flexibility index (Phi) is 5.32. The van der Waals surface area contributed by atoms with Gasteiger partial charge in [0.2, 0.25) is 0 Å². The Morgan fingerprint density at radius 1 is 1.00 bits per heavy atom. The van der Waals surface area contributed by atoms with Crippen molar-refractivity contribution in [3.8, 4) is 0 Å². The van der Waals surface area contributed by atoms with Crippen molar-refractivity contribution in [2.75, 3.05) is 19.5 Å². The van der Waals surface area contributed by atoms with Crippen LogP contribution >= 0.6 is 0 Å². The van der Waals surface area contributed by atoms with E-state index in [2.05, 4.69) is 5.32 Å². The number of anilines is 1. The van der Waals surface area contributed by atoms with Crippen LogP contribution in [0.2, 0.25) is 0 Å². The highest BCUT2D eigenvalue weighted by Crippen LogP contribution is 2.36. The van der Waals surface area contributed by atoms with E-state index < -0.39 is 15.9 Å². The molecule has 0 atom stereocenters. The molecule has 0 unspecified atom stereocenters. The zero-order chi connectivity index (χ0) is 24.0. The lowest BCUT2D eigenvalue weighted by Gasteiger charge is -2.14. The molecule has 0 aliphatic carbocycles. The average molecular weight is 475 g/mol. The number of benzene rings is 3. The normalized spacial score (nSPS) is 12.1. The number of hydroxylamine groups is 1. The molecule has 9 heteroatoms. The fourth-order valence-electron chi connectivity index (χ4n) is 4.18. The summed E-state index contributed by atoms with van der Waals surface area (Å²) in [6.45, 7) is 1.93. The monoisotopic (exact) mass is 474 g/mol. The molecule has 5 aromatic rings. The van der Waals surface area contributed by atoms with E-state index in [0.29, 0.717) is 5.69 Å². The van der Waals surface area contributed by atoms with Crippen molar-refractivity contribution in [3.05, 3.63) is 84.2 Å². The van der Waals surface area contributed by atoms with Crippen LogP contribution in [0.1, 0.15) is 16.2 Å². The van der Waals surface area contributed by atoms with Crippen LogP contribution in [0.25, 0.3) is 27.3 Å². The van der Waals surface area contributed by atoms with Crippen LogP contribution in [0.15, 0.2) is 77.7 Å². The Morgan fingerprint density at radius 3 is 2.47 bits per heavy atom. The molecule has 1 amide bonds. The molecule has 0 spiro atoms. The van der Waals surface area contributed by atoms with Crippen LogP contribution in [-0.2, 0) is 14.9 Å². The fraction of sp³-hybridized carbons (Fsp3) is 0.120. The molecule has 0 saturated carbocycles. The Balaban J connectivity index is 1.68. The summed E-state index contributed by atoms with van der Waals surface area (Å²) in [6, 6.07) is 21.4. The molecule has 3 aromatic carbocycles. The summed E-state index contributed by atoms with van der Waals surface area (Å²) in [5.41, 5.74) is 3.43. The van der Waals surface area contributed by atoms with Gasteiger partial charge in [0, 0.05) is 23.4 Å². The second-order valence-electron chi connectivity index (χ2n) is 7.83. The SMILES string of the molecule is CON(C)S(=O)(=O)c1cccc(C(=O)Nc2c3ccccc3n3c(C)nc4ccccc4c23)c1. The Bertz CT molecular complexity index is 1690. The number of carbonyl (C=O) groups is 1. The smallest absolute Gasteiger partial charge is 0.264 e. The largest absolute Gasteiger partial charge is 0.320 e. The number of nitrogens with one attached hydrogen (secondary N) is 1. The third kappa shape index (κ3) is 3.41. The highest BCUT2D eigenvalue weighted by atomic mass is 32.2. The zero-order valence-corrected chi connectivity index (χ0v) is 19.6. The predicted molar refractivity (Wildman–Crippen MR) is 131 cm³/mol. The average Bonchev–Trinajstić information content (AvgIpc) is 3.18. The van der Waals surface area contributed by atoms with Crippen molar-refractivity contribution in [2.24, 2.45) is 0 Å². The molecule has 0 aliphatic heterocycles. The summed E-state index contributed by atoms with van der Waals surface area (Å²) in [5.74, 6) is 0.370. The molecule has 0 radical (unpaired) electrons. The molecule has 0 aliphatic rings. The minimum atomic E-state index is -3.89. The van der Waals surface area contributed by atoms with Gasteiger partial charge in [-0.25, -0.2) is 13.4 Å². The first kappa shape index (κ1) is 22.0. The number of hydrogen-bond donors (Lipinski definition) is 1. The van der Waals surface area contributed by atoms with Crippen LogP contribution in [0.3, 0.4) is 0 Å². The van der Waals surface area contributed by atoms with E-state index >= 15 is 0 Å². The molecule has 0 saturated heterocycles. The maximum Gasteiger partial charge on any atom is 0.264 e. The van der Waals surface area contributed by atoms with E-state index in [-0.39, 0.29) is 10.5 Å². The molecule has 2 aromatic heterocycles. The molecule has 172 valence electrons. The highest BCUT2D eigenvalue weighted by Gasteiger charge is 2.23. The number of amides is 1. The Labute approximate surface area is 196 Å². The number of aromatic nitrogens is 2. The van der Waals surface area contributed by atoms with Gasteiger partial charge >= 0.3 is 0 Å². The number of aryl methyl sites for hydroxylation is 1. The van der Waals surface area contributed by atoms with Crippen molar-refractivity contribution < 1.29 is 18.0 Å². The van der Waals surface area contributed by atoms with Crippen molar-refractivity contribution >= 4 is 48.9 Å². The molecule has 0 bridgehead atoms. The summed E-state index contributed by atoms with van der Waals surface area (Å²) in [5, 5.41) is 4.80. The zero-order valence-electron chi connectivity index (χ0n) is 18.8. The quantitative estimate of drug-likeness (QED) is 0.382. The van der Waals surface area contributed by atoms with Gasteiger partial charge in [-0.2, -0.15) is 0 Å². The molecular weight excluding hydrogens is 452 g/mol. The van der Waals surface area contributed by atoms with Gasteiger partial charge in [0.1, 0.15) is 5.82 Å². The number of sulfonamides is 1. The summed E-state index contributed by atoms with van der Waals surface area (Å²) in [6.07, 6.45) is 0. The van der Waals surface area contributed by atoms with Gasteiger partial charge in [-0.3, -0.25) is 14.0 Å². The van der Waals surface area contributed by atoms with Crippen molar-refractivity contribution in [1.82, 2.24) is 13.9 Å². The third-order valence-corrected chi connectivity index (χ3v) is 7.54. The van der Waals surface area contributed by atoms with Crippen LogP contribution < -0.4 is 5.32 Å². The third-order valence-electron chi connectivity index (χ3n) is 5.87. The second-order valence-corrected chi connectivity index (χ2v) is 9.77. The standard InChI is InChI=1S/C25H22N4O4S/c1-16-26-21-13-6-4-11-19(21)24-23(20-12-5-7-14-22(20)29(16)24)27-25(30)17-9-8-10-18(15-17)34(31,32)28(2)33-3/h4-15H,1-3H3,(H,27,30). The van der Waals surface area contributed by atoms with Crippen molar-refractivity contribution in [1.29, 1.82) is 0 Å². The van der Waals surface area contributed by atoms with Gasteiger partial charge in [-0.1, -0.05) is 46.9 Å². The van der Waals surface area contributed by atoms with Gasteiger partial charge in [0.15, 0.2) is 0 Å². The predicted octanol–water partition coefficient (Wildman–Crippen LogP) is 4.38. The Hall–Kier alpha value is -3.79. The van der Waals surface area contributed by atoms with Gasteiger partial charge in [-0.15, -0.1) is 0 Å². The first-order chi connectivity index (χ1) is 16.3. The number of nitrogens with zero attached hydrogens (tertiary/aromatic N) is 3. The van der Waals surface area contributed by atoms with E-state index in [9.17, 15) is 13.2 Å². The minimum Gasteiger partial charge on any atom is -0.320 e. The molecular formula is C25H22N4O4S. The van der Waals surface area contributed by atoms with Crippen molar-refractivity contribution in [3.63, 3.8) is 0 Å². The lowest BCUT2D eigenvalue weighted by atomic mass is 10.1. The Morgan fingerprint density at radius 2 is 1.71 bits per heavy atom. The van der Waals surface area contributed by atoms with E-state index in [4.69, 9.17) is 9.82 Å². The number of fused-ring (bicyclic) bond motifs is 5. The van der Waals surface area contributed by atoms with E-state index in [1.54, 1.807) is 6.07 Å². The second kappa shape index (κ2) is 8.21. The van der Waals surface area contributed by atoms with Gasteiger partial charge in [-0.05, 0) is 37.3 Å². The maximum absolute atomic E-state index is 13.4. The lowest BCUT2D eigenvalue weighted by molar-refractivity contribution is -0.0258. The molecule has 5 rings (SSSR count). The fourth-order valence-corrected chi connectivity index (χ4v) is 5.20. The van der Waals surface area contributed by atoms with Crippen LogP contribution in [0.4, 0.5) is 5.69 Å². The van der Waals surface area contributed by atoms with Gasteiger partial charge < -0.3 is 5.32 Å². The summed E-state index contributed by atoms with van der Waals surface area (Å²) < 4.78 is 28.1. The minimum absolute atomic E-state index is 0.0402. The number of rotatable bonds is 5. The molecule has 34 heavy (non-hydrogen) atoms. The van der Waals surface area contributed by atoms with Gasteiger partial charge in [0.05, 0.1) is 34.2 Å². The molecule has 8 nitrogen and oxygen atoms in total.